The zero-order valence-corrected chi connectivity index (χ0v) is 19.4. The van der Waals surface area contributed by atoms with Gasteiger partial charge in [0.15, 0.2) is 0 Å². The molecule has 0 bridgehead atoms. The van der Waals surface area contributed by atoms with Crippen LogP contribution in [-0.2, 0) is 33.3 Å². The predicted octanol–water partition coefficient (Wildman–Crippen LogP) is 3.99. The van der Waals surface area contributed by atoms with Gasteiger partial charge in [0.05, 0.1) is 59.3 Å². The van der Waals surface area contributed by atoms with Gasteiger partial charge in [0.25, 0.3) is 0 Å². The van der Waals surface area contributed by atoms with Gasteiger partial charge in [0, 0.05) is 6.42 Å². The summed E-state index contributed by atoms with van der Waals surface area (Å²) in [5.41, 5.74) is 0. The molecule has 0 saturated carbocycles. The van der Waals surface area contributed by atoms with E-state index in [9.17, 15) is 9.59 Å². The molecule has 0 aliphatic carbocycles. The van der Waals surface area contributed by atoms with E-state index in [1.807, 2.05) is 0 Å². The van der Waals surface area contributed by atoms with Crippen molar-refractivity contribution in [2.75, 3.05) is 59.5 Å². The summed E-state index contributed by atoms with van der Waals surface area (Å²) in [6.07, 6.45) is 11.6. The summed E-state index contributed by atoms with van der Waals surface area (Å²) in [6.45, 7) is 5.63. The molecule has 0 unspecified atom stereocenters. The van der Waals surface area contributed by atoms with Crippen molar-refractivity contribution in [2.45, 2.75) is 77.6 Å². The molecule has 0 heterocycles. The first-order chi connectivity index (χ1) is 15.2. The highest BCUT2D eigenvalue weighted by Crippen LogP contribution is 2.10. The van der Waals surface area contributed by atoms with Crippen molar-refractivity contribution in [3.8, 4) is 0 Å². The molecule has 0 aliphatic rings. The van der Waals surface area contributed by atoms with Crippen molar-refractivity contribution < 1.29 is 38.4 Å². The molecule has 1 N–H and O–H groups in total. The Morgan fingerprint density at radius 2 is 0.968 bits per heavy atom. The van der Waals surface area contributed by atoms with Gasteiger partial charge in [0.1, 0.15) is 6.61 Å². The Labute approximate surface area is 187 Å². The number of rotatable bonds is 25. The molecule has 0 atom stereocenters. The lowest BCUT2D eigenvalue weighted by atomic mass is 10.1. The highest BCUT2D eigenvalue weighted by atomic mass is 16.6. The van der Waals surface area contributed by atoms with Crippen LogP contribution in [0.4, 0.5) is 0 Å². The molecular formula is C23H44O8. The van der Waals surface area contributed by atoms with Crippen LogP contribution in [0.25, 0.3) is 0 Å². The SMILES string of the molecule is CCCCCCCCCCCC(=O)OCCOCCOCCOCCOCCC(=O)O. The Kier molecular flexibility index (Phi) is 24.1. The smallest absolute Gasteiger partial charge is 0.305 e. The number of carbonyl (C=O) groups excluding carboxylic acids is 1. The largest absolute Gasteiger partial charge is 0.481 e. The first-order valence-corrected chi connectivity index (χ1v) is 11.8. The molecule has 31 heavy (non-hydrogen) atoms. The maximum atomic E-state index is 11.6. The van der Waals surface area contributed by atoms with Gasteiger partial charge in [-0.15, -0.1) is 0 Å². The van der Waals surface area contributed by atoms with E-state index in [1.165, 1.54) is 44.9 Å². The average molecular weight is 449 g/mol. The van der Waals surface area contributed by atoms with E-state index in [0.29, 0.717) is 52.7 Å². The molecule has 0 radical (unpaired) electrons. The van der Waals surface area contributed by atoms with Crippen LogP contribution in [-0.4, -0.2) is 76.5 Å². The number of carboxylic acids is 1. The molecule has 0 aromatic carbocycles. The Bertz CT molecular complexity index is 403. The Balaban J connectivity index is 3.15. The van der Waals surface area contributed by atoms with Crippen LogP contribution in [0, 0.1) is 0 Å². The highest BCUT2D eigenvalue weighted by molar-refractivity contribution is 5.69. The van der Waals surface area contributed by atoms with E-state index in [2.05, 4.69) is 6.92 Å². The zero-order valence-electron chi connectivity index (χ0n) is 19.4. The monoisotopic (exact) mass is 448 g/mol. The van der Waals surface area contributed by atoms with Crippen molar-refractivity contribution in [1.29, 1.82) is 0 Å². The summed E-state index contributed by atoms with van der Waals surface area (Å²) in [5, 5.41) is 8.45. The molecule has 184 valence electrons. The number of hydrogen-bond donors (Lipinski definition) is 1. The molecule has 0 amide bonds. The first-order valence-electron chi connectivity index (χ1n) is 11.8. The van der Waals surface area contributed by atoms with Gasteiger partial charge >= 0.3 is 11.9 Å². The van der Waals surface area contributed by atoms with Crippen molar-refractivity contribution in [1.82, 2.24) is 0 Å². The van der Waals surface area contributed by atoms with Crippen LogP contribution in [0.5, 0.6) is 0 Å². The fourth-order valence-corrected chi connectivity index (χ4v) is 2.79. The normalized spacial score (nSPS) is 11.0. The minimum Gasteiger partial charge on any atom is -0.481 e. The third-order valence-electron chi connectivity index (χ3n) is 4.55. The minimum absolute atomic E-state index is 0.00161. The van der Waals surface area contributed by atoms with Crippen molar-refractivity contribution in [3.05, 3.63) is 0 Å². The summed E-state index contributed by atoms with van der Waals surface area (Å²) in [5.74, 6) is -1.02. The van der Waals surface area contributed by atoms with Gasteiger partial charge in [0.2, 0.25) is 0 Å². The van der Waals surface area contributed by atoms with Crippen LogP contribution in [0.3, 0.4) is 0 Å². The molecule has 0 saturated heterocycles. The van der Waals surface area contributed by atoms with Crippen molar-refractivity contribution in [3.63, 3.8) is 0 Å². The summed E-state index contributed by atoms with van der Waals surface area (Å²) in [7, 11) is 0. The number of aliphatic carboxylic acids is 1. The minimum atomic E-state index is -0.871. The zero-order chi connectivity index (χ0) is 22.8. The van der Waals surface area contributed by atoms with Gasteiger partial charge in [-0.1, -0.05) is 58.3 Å². The van der Waals surface area contributed by atoms with Gasteiger partial charge < -0.3 is 28.8 Å². The quantitative estimate of drug-likeness (QED) is 0.165. The van der Waals surface area contributed by atoms with Crippen LogP contribution in [0.1, 0.15) is 77.6 Å². The lowest BCUT2D eigenvalue weighted by Crippen LogP contribution is -2.14. The molecule has 8 nitrogen and oxygen atoms in total. The van der Waals surface area contributed by atoms with Gasteiger partial charge in [-0.2, -0.15) is 0 Å². The van der Waals surface area contributed by atoms with Gasteiger partial charge in [-0.05, 0) is 6.42 Å². The number of unbranched alkanes of at least 4 members (excludes halogenated alkanes) is 8. The summed E-state index contributed by atoms with van der Waals surface area (Å²) in [4.78, 5) is 21.9. The third-order valence-corrected chi connectivity index (χ3v) is 4.55. The Morgan fingerprint density at radius 1 is 0.548 bits per heavy atom. The summed E-state index contributed by atoms with van der Waals surface area (Å²) >= 11 is 0. The Morgan fingerprint density at radius 3 is 1.45 bits per heavy atom. The summed E-state index contributed by atoms with van der Waals surface area (Å²) in [6, 6.07) is 0. The van der Waals surface area contributed by atoms with Gasteiger partial charge in [-0.25, -0.2) is 0 Å². The fourth-order valence-electron chi connectivity index (χ4n) is 2.79. The topological polar surface area (TPSA) is 101 Å². The number of esters is 1. The molecule has 0 spiro atoms. The van der Waals surface area contributed by atoms with Crippen molar-refractivity contribution in [2.24, 2.45) is 0 Å². The Hall–Kier alpha value is -1.22. The number of carboxylic acid groups (broad SMARTS) is 1. The van der Waals surface area contributed by atoms with Crippen LogP contribution >= 0.6 is 0 Å². The second-order valence-electron chi connectivity index (χ2n) is 7.39. The van der Waals surface area contributed by atoms with E-state index < -0.39 is 5.97 Å². The molecule has 0 aliphatic heterocycles. The number of carbonyl (C=O) groups is 2. The van der Waals surface area contributed by atoms with E-state index in [0.717, 1.165) is 12.8 Å². The van der Waals surface area contributed by atoms with Crippen LogP contribution in [0.15, 0.2) is 0 Å². The molecular weight excluding hydrogens is 404 g/mol. The maximum Gasteiger partial charge on any atom is 0.305 e. The molecule has 0 aromatic rings. The maximum absolute atomic E-state index is 11.6. The van der Waals surface area contributed by atoms with E-state index >= 15 is 0 Å². The fraction of sp³-hybridized carbons (Fsp3) is 0.913. The lowest BCUT2D eigenvalue weighted by Gasteiger charge is -2.08. The predicted molar refractivity (Wildman–Crippen MR) is 118 cm³/mol. The average Bonchev–Trinajstić information content (AvgIpc) is 2.75. The lowest BCUT2D eigenvalue weighted by molar-refractivity contribution is -0.145. The first kappa shape index (κ1) is 29.8. The highest BCUT2D eigenvalue weighted by Gasteiger charge is 2.02. The number of ether oxygens (including phenoxy) is 5. The summed E-state index contributed by atoms with van der Waals surface area (Å²) < 4.78 is 26.3. The van der Waals surface area contributed by atoms with E-state index in [4.69, 9.17) is 28.8 Å². The van der Waals surface area contributed by atoms with Crippen LogP contribution in [0.2, 0.25) is 0 Å². The molecule has 8 heteroatoms. The van der Waals surface area contributed by atoms with E-state index in [1.54, 1.807) is 0 Å². The second kappa shape index (κ2) is 25.0. The molecule has 0 fully saturated rings. The van der Waals surface area contributed by atoms with Crippen molar-refractivity contribution >= 4 is 11.9 Å². The van der Waals surface area contributed by atoms with E-state index in [-0.39, 0.29) is 25.6 Å². The van der Waals surface area contributed by atoms with Crippen LogP contribution < -0.4 is 0 Å². The molecule has 0 rings (SSSR count). The third kappa shape index (κ3) is 26.7. The van der Waals surface area contributed by atoms with Gasteiger partial charge in [-0.3, -0.25) is 9.59 Å². The second-order valence-corrected chi connectivity index (χ2v) is 7.39. The standard InChI is InChI=1S/C23H44O8/c1-2-3-4-5-6-7-8-9-10-11-23(26)31-21-20-30-19-18-29-17-16-28-15-14-27-13-12-22(24)25/h2-21H2,1H3,(H,24,25). The molecule has 0 aromatic heterocycles. The number of hydrogen-bond acceptors (Lipinski definition) is 7.